The van der Waals surface area contributed by atoms with E-state index in [-0.39, 0.29) is 6.04 Å². The second kappa shape index (κ2) is 3.57. The maximum Gasteiger partial charge on any atom is 0.189 e. The van der Waals surface area contributed by atoms with Crippen LogP contribution in [0.3, 0.4) is 0 Å². The van der Waals surface area contributed by atoms with Gasteiger partial charge in [-0.05, 0) is 13.3 Å². The summed E-state index contributed by atoms with van der Waals surface area (Å²) in [7, 11) is 1.68. The molecule has 64 valence electrons. The van der Waals surface area contributed by atoms with Crippen LogP contribution in [-0.2, 0) is 4.74 Å². The average molecular weight is 157 g/mol. The summed E-state index contributed by atoms with van der Waals surface area (Å²) in [6.45, 7) is 2.75. The number of nitrogens with one attached hydrogen (secondary N) is 1. The standard InChI is InChI=1S/C7H15N3O/c1-5-3-6(4-11-2)10-7(8)9-5/h5-6H,3-4H2,1-2H3,(H3,8,9,10). The Hall–Kier alpha value is -0.770. The van der Waals surface area contributed by atoms with Crippen LogP contribution in [0.2, 0.25) is 0 Å². The van der Waals surface area contributed by atoms with Crippen LogP contribution in [0.15, 0.2) is 4.99 Å². The van der Waals surface area contributed by atoms with Crippen molar-refractivity contribution in [2.75, 3.05) is 13.7 Å². The zero-order valence-electron chi connectivity index (χ0n) is 7.00. The lowest BCUT2D eigenvalue weighted by molar-refractivity contribution is 0.172. The molecule has 2 unspecified atom stereocenters. The number of nitrogens with two attached hydrogens (primary N) is 1. The van der Waals surface area contributed by atoms with E-state index in [1.54, 1.807) is 7.11 Å². The van der Waals surface area contributed by atoms with E-state index in [2.05, 4.69) is 17.2 Å². The highest BCUT2D eigenvalue weighted by molar-refractivity contribution is 5.78. The number of aliphatic imine (C=N–C) groups is 1. The number of nitrogens with zero attached hydrogens (tertiary/aromatic N) is 1. The number of ether oxygens (including phenoxy) is 1. The Balaban J connectivity index is 2.47. The van der Waals surface area contributed by atoms with Gasteiger partial charge >= 0.3 is 0 Å². The molecule has 0 aliphatic carbocycles. The molecule has 1 aliphatic heterocycles. The average Bonchev–Trinajstić information content (AvgIpc) is 1.85. The topological polar surface area (TPSA) is 59.6 Å². The smallest absolute Gasteiger partial charge is 0.189 e. The van der Waals surface area contributed by atoms with E-state index < -0.39 is 0 Å². The summed E-state index contributed by atoms with van der Waals surface area (Å²) in [5.74, 6) is 0.533. The van der Waals surface area contributed by atoms with Gasteiger partial charge < -0.3 is 15.8 Å². The maximum atomic E-state index is 5.53. The van der Waals surface area contributed by atoms with E-state index >= 15 is 0 Å². The van der Waals surface area contributed by atoms with Crippen LogP contribution in [-0.4, -0.2) is 31.8 Å². The number of guanidine groups is 1. The number of hydrogen-bond acceptors (Lipinski definition) is 4. The van der Waals surface area contributed by atoms with Crippen molar-refractivity contribution in [1.82, 2.24) is 5.32 Å². The molecule has 11 heavy (non-hydrogen) atoms. The summed E-state index contributed by atoms with van der Waals surface area (Å²) in [6.07, 6.45) is 0.995. The minimum absolute atomic E-state index is 0.233. The molecule has 0 bridgehead atoms. The zero-order chi connectivity index (χ0) is 8.27. The fourth-order valence-corrected chi connectivity index (χ4v) is 1.30. The molecule has 1 aliphatic rings. The van der Waals surface area contributed by atoms with Gasteiger partial charge in [0.25, 0.3) is 0 Å². The van der Waals surface area contributed by atoms with Gasteiger partial charge in [-0.3, -0.25) is 0 Å². The minimum Gasteiger partial charge on any atom is -0.382 e. The quantitative estimate of drug-likeness (QED) is 0.578. The first-order valence-corrected chi connectivity index (χ1v) is 3.81. The van der Waals surface area contributed by atoms with Gasteiger partial charge in [-0.25, -0.2) is 4.99 Å². The molecule has 0 amide bonds. The summed E-state index contributed by atoms with van der Waals surface area (Å²) in [5.41, 5.74) is 5.53. The molecule has 3 N–H and O–H groups in total. The van der Waals surface area contributed by atoms with Crippen LogP contribution >= 0.6 is 0 Å². The van der Waals surface area contributed by atoms with Crippen LogP contribution in [0, 0.1) is 0 Å². The molecule has 4 nitrogen and oxygen atoms in total. The van der Waals surface area contributed by atoms with Crippen molar-refractivity contribution >= 4 is 5.96 Å². The highest BCUT2D eigenvalue weighted by Gasteiger charge is 2.17. The molecule has 4 heteroatoms. The summed E-state index contributed by atoms with van der Waals surface area (Å²) in [4.78, 5) is 4.18. The summed E-state index contributed by atoms with van der Waals surface area (Å²) in [6, 6.07) is 0.642. The Kier molecular flexibility index (Phi) is 2.70. The van der Waals surface area contributed by atoms with Crippen LogP contribution in [0.5, 0.6) is 0 Å². The molecule has 0 aromatic carbocycles. The van der Waals surface area contributed by atoms with Gasteiger partial charge in [-0.1, -0.05) is 0 Å². The van der Waals surface area contributed by atoms with Gasteiger partial charge in [0, 0.05) is 13.2 Å². The van der Waals surface area contributed by atoms with Gasteiger partial charge in [0.2, 0.25) is 0 Å². The minimum atomic E-state index is 0.233. The number of rotatable bonds is 2. The van der Waals surface area contributed by atoms with Gasteiger partial charge in [0.1, 0.15) is 0 Å². The van der Waals surface area contributed by atoms with Crippen LogP contribution < -0.4 is 11.1 Å². The Labute approximate surface area is 66.8 Å². The van der Waals surface area contributed by atoms with Crippen molar-refractivity contribution in [1.29, 1.82) is 0 Å². The van der Waals surface area contributed by atoms with E-state index in [1.165, 1.54) is 0 Å². The van der Waals surface area contributed by atoms with Crippen molar-refractivity contribution < 1.29 is 4.74 Å². The molecule has 0 aromatic heterocycles. The first kappa shape index (κ1) is 8.33. The first-order valence-electron chi connectivity index (χ1n) is 3.81. The molecule has 0 saturated heterocycles. The molecule has 0 aromatic rings. The third-order valence-electron chi connectivity index (χ3n) is 1.70. The van der Waals surface area contributed by atoms with Crippen LogP contribution in [0.1, 0.15) is 13.3 Å². The van der Waals surface area contributed by atoms with Crippen LogP contribution in [0.25, 0.3) is 0 Å². The highest BCUT2D eigenvalue weighted by atomic mass is 16.5. The number of hydrogen-bond donors (Lipinski definition) is 2. The van der Waals surface area contributed by atoms with Crippen molar-refractivity contribution in [3.63, 3.8) is 0 Å². The van der Waals surface area contributed by atoms with Gasteiger partial charge in [-0.15, -0.1) is 0 Å². The summed E-state index contributed by atoms with van der Waals surface area (Å²) >= 11 is 0. The Morgan fingerprint density at radius 2 is 2.55 bits per heavy atom. The predicted molar refractivity (Wildman–Crippen MR) is 44.5 cm³/mol. The fourth-order valence-electron chi connectivity index (χ4n) is 1.30. The lowest BCUT2D eigenvalue weighted by Gasteiger charge is -2.24. The molecular weight excluding hydrogens is 142 g/mol. The van der Waals surface area contributed by atoms with Crippen LogP contribution in [0.4, 0.5) is 0 Å². The third-order valence-corrected chi connectivity index (χ3v) is 1.70. The molecule has 2 atom stereocenters. The van der Waals surface area contributed by atoms with Gasteiger partial charge in [-0.2, -0.15) is 0 Å². The summed E-state index contributed by atoms with van der Waals surface area (Å²) < 4.78 is 4.99. The van der Waals surface area contributed by atoms with Crippen molar-refractivity contribution in [3.05, 3.63) is 0 Å². The molecule has 0 spiro atoms. The van der Waals surface area contributed by atoms with Gasteiger partial charge in [0.05, 0.1) is 12.6 Å². The monoisotopic (exact) mass is 157 g/mol. The Morgan fingerprint density at radius 1 is 1.82 bits per heavy atom. The van der Waals surface area contributed by atoms with E-state index in [0.29, 0.717) is 18.6 Å². The normalized spacial score (nSPS) is 30.9. The van der Waals surface area contributed by atoms with E-state index in [4.69, 9.17) is 10.5 Å². The predicted octanol–water partition coefficient (Wildman–Crippen LogP) is -0.302. The second-order valence-electron chi connectivity index (χ2n) is 2.90. The lowest BCUT2D eigenvalue weighted by atomic mass is 10.1. The van der Waals surface area contributed by atoms with Crippen molar-refractivity contribution in [3.8, 4) is 0 Å². The van der Waals surface area contributed by atoms with E-state index in [0.717, 1.165) is 6.42 Å². The maximum absolute atomic E-state index is 5.53. The SMILES string of the molecule is COCC1CC(C)NC(N)=N1. The van der Waals surface area contributed by atoms with Crippen molar-refractivity contribution in [2.24, 2.45) is 10.7 Å². The molecule has 0 fully saturated rings. The van der Waals surface area contributed by atoms with E-state index in [9.17, 15) is 0 Å². The molecule has 0 radical (unpaired) electrons. The molecule has 1 heterocycles. The molecule has 0 saturated carbocycles. The summed E-state index contributed by atoms with van der Waals surface area (Å²) in [5, 5.41) is 3.04. The molecule has 1 rings (SSSR count). The Morgan fingerprint density at radius 3 is 3.09 bits per heavy atom. The molecular formula is C7H15N3O. The number of methoxy groups -OCH3 is 1. The van der Waals surface area contributed by atoms with Gasteiger partial charge in [0.15, 0.2) is 5.96 Å². The zero-order valence-corrected chi connectivity index (χ0v) is 7.00. The largest absolute Gasteiger partial charge is 0.382 e. The first-order chi connectivity index (χ1) is 5.22. The second-order valence-corrected chi connectivity index (χ2v) is 2.90. The lowest BCUT2D eigenvalue weighted by Crippen LogP contribution is -2.45. The fraction of sp³-hybridized carbons (Fsp3) is 0.857. The van der Waals surface area contributed by atoms with E-state index in [1.807, 2.05) is 0 Å². The highest BCUT2D eigenvalue weighted by Crippen LogP contribution is 2.06. The third kappa shape index (κ3) is 2.38. The van der Waals surface area contributed by atoms with Crippen molar-refractivity contribution in [2.45, 2.75) is 25.4 Å². The Bertz CT molecular complexity index is 158.